The molecule has 178 valence electrons. The number of nitrogens with zero attached hydrogens (tertiary/aromatic N) is 3. The molecule has 4 aromatic rings. The Bertz CT molecular complexity index is 1440. The zero-order valence-corrected chi connectivity index (χ0v) is 20.4. The molecule has 0 amide bonds. The molecule has 1 saturated carbocycles. The standard InChI is InChI=1S/C30H31FN4/c1-20-10-11-25(27(31)18-20)24-8-3-4-9-26(24)29-21(2)35-15-12-23(19-28(35)33-29)30(22-6-5-7-22)34-16-13-32-14-17-34/h3-4,8-12,15,18-19,32H,5-7,13-14,16-17H2,1-2H3. The highest BCUT2D eigenvalue weighted by Crippen LogP contribution is 2.38. The molecule has 2 aromatic heterocycles. The molecule has 3 heterocycles. The number of imidazole rings is 1. The lowest BCUT2D eigenvalue weighted by Crippen LogP contribution is -2.43. The molecule has 6 rings (SSSR count). The molecule has 0 bridgehead atoms. The van der Waals surface area contributed by atoms with E-state index < -0.39 is 0 Å². The minimum atomic E-state index is -0.200. The van der Waals surface area contributed by atoms with Crippen LogP contribution in [0.15, 0.2) is 66.4 Å². The van der Waals surface area contributed by atoms with Gasteiger partial charge in [-0.1, -0.05) is 36.4 Å². The molecule has 1 aliphatic carbocycles. The van der Waals surface area contributed by atoms with Gasteiger partial charge in [-0.05, 0) is 68.0 Å². The minimum absolute atomic E-state index is 0.200. The van der Waals surface area contributed by atoms with Gasteiger partial charge in [0.1, 0.15) is 11.5 Å². The number of aryl methyl sites for hydroxylation is 2. The lowest BCUT2D eigenvalue weighted by molar-refractivity contribution is 0.336. The van der Waals surface area contributed by atoms with Gasteiger partial charge in [0.2, 0.25) is 0 Å². The summed E-state index contributed by atoms with van der Waals surface area (Å²) in [5, 5.41) is 3.47. The van der Waals surface area contributed by atoms with E-state index in [1.807, 2.05) is 43.3 Å². The minimum Gasteiger partial charge on any atom is -0.369 e. The molecule has 2 aliphatic rings. The van der Waals surface area contributed by atoms with Gasteiger partial charge in [-0.2, -0.15) is 0 Å². The van der Waals surface area contributed by atoms with E-state index in [1.54, 1.807) is 11.6 Å². The Kier molecular flexibility index (Phi) is 5.65. The van der Waals surface area contributed by atoms with Crippen LogP contribution in [0.2, 0.25) is 0 Å². The third-order valence-corrected chi connectivity index (χ3v) is 7.46. The van der Waals surface area contributed by atoms with E-state index in [2.05, 4.69) is 39.9 Å². The van der Waals surface area contributed by atoms with E-state index in [0.29, 0.717) is 5.56 Å². The number of pyridine rings is 1. The summed E-state index contributed by atoms with van der Waals surface area (Å²) < 4.78 is 17.1. The first-order valence-corrected chi connectivity index (χ1v) is 12.6. The fraction of sp³-hybridized carbons (Fsp3) is 0.300. The van der Waals surface area contributed by atoms with E-state index in [4.69, 9.17) is 4.98 Å². The van der Waals surface area contributed by atoms with Crippen molar-refractivity contribution in [1.29, 1.82) is 0 Å². The molecule has 5 heteroatoms. The van der Waals surface area contributed by atoms with E-state index in [0.717, 1.165) is 59.9 Å². The number of piperazine rings is 1. The quantitative estimate of drug-likeness (QED) is 0.387. The molecule has 35 heavy (non-hydrogen) atoms. The van der Waals surface area contributed by atoms with Gasteiger partial charge < -0.3 is 14.6 Å². The maximum atomic E-state index is 14.9. The van der Waals surface area contributed by atoms with Crippen LogP contribution in [0, 0.1) is 19.7 Å². The van der Waals surface area contributed by atoms with Crippen LogP contribution in [0.25, 0.3) is 33.7 Å². The van der Waals surface area contributed by atoms with Crippen molar-refractivity contribution in [3.8, 4) is 22.4 Å². The topological polar surface area (TPSA) is 32.6 Å². The second kappa shape index (κ2) is 8.97. The number of fused-ring (bicyclic) bond motifs is 1. The first-order chi connectivity index (χ1) is 17.1. The molecule has 2 aromatic carbocycles. The third-order valence-electron chi connectivity index (χ3n) is 7.46. The number of hydrogen-bond donors (Lipinski definition) is 1. The van der Waals surface area contributed by atoms with Gasteiger partial charge in [0.05, 0.1) is 5.69 Å². The lowest BCUT2D eigenvalue weighted by Gasteiger charge is -2.36. The van der Waals surface area contributed by atoms with Crippen molar-refractivity contribution in [1.82, 2.24) is 19.6 Å². The van der Waals surface area contributed by atoms with Crippen molar-refractivity contribution in [3.63, 3.8) is 0 Å². The zero-order chi connectivity index (χ0) is 23.9. The molecule has 0 radical (unpaired) electrons. The normalized spacial score (nSPS) is 16.0. The highest BCUT2D eigenvalue weighted by molar-refractivity contribution is 5.84. The average Bonchev–Trinajstić information content (AvgIpc) is 3.17. The van der Waals surface area contributed by atoms with Crippen LogP contribution >= 0.6 is 0 Å². The van der Waals surface area contributed by atoms with E-state index in [-0.39, 0.29) is 5.82 Å². The fourth-order valence-corrected chi connectivity index (χ4v) is 5.42. The number of halogens is 1. The molecule has 4 nitrogen and oxygen atoms in total. The van der Waals surface area contributed by atoms with Gasteiger partial charge >= 0.3 is 0 Å². The highest BCUT2D eigenvalue weighted by atomic mass is 19.1. The molecular weight excluding hydrogens is 435 g/mol. The monoisotopic (exact) mass is 466 g/mol. The SMILES string of the molecule is Cc1ccc(-c2ccccc2-c2nc3cc(C(=C4CCC4)N4CCNCC4)ccn3c2C)c(F)c1. The second-order valence-corrected chi connectivity index (χ2v) is 9.76. The Morgan fingerprint density at radius 1 is 0.914 bits per heavy atom. The van der Waals surface area contributed by atoms with E-state index >= 15 is 0 Å². The Morgan fingerprint density at radius 2 is 1.69 bits per heavy atom. The summed E-state index contributed by atoms with van der Waals surface area (Å²) in [7, 11) is 0. The maximum Gasteiger partial charge on any atom is 0.138 e. The van der Waals surface area contributed by atoms with Gasteiger partial charge in [-0.25, -0.2) is 9.37 Å². The van der Waals surface area contributed by atoms with Gasteiger partial charge in [-0.15, -0.1) is 0 Å². The number of allylic oxidation sites excluding steroid dienone is 1. The van der Waals surface area contributed by atoms with Crippen LogP contribution in [-0.2, 0) is 0 Å². The lowest BCUT2D eigenvalue weighted by atomic mass is 9.87. The number of rotatable bonds is 4. The van der Waals surface area contributed by atoms with Crippen LogP contribution in [0.1, 0.15) is 36.1 Å². The van der Waals surface area contributed by atoms with Crippen LogP contribution < -0.4 is 5.32 Å². The molecule has 1 N–H and O–H groups in total. The molecule has 2 fully saturated rings. The first-order valence-electron chi connectivity index (χ1n) is 12.6. The van der Waals surface area contributed by atoms with Crippen LogP contribution in [-0.4, -0.2) is 40.5 Å². The predicted octanol–water partition coefficient (Wildman–Crippen LogP) is 6.22. The first kappa shape index (κ1) is 22.1. The molecular formula is C30H31FN4. The Labute approximate surface area is 206 Å². The largest absolute Gasteiger partial charge is 0.369 e. The van der Waals surface area contributed by atoms with Gasteiger partial charge in [0.25, 0.3) is 0 Å². The summed E-state index contributed by atoms with van der Waals surface area (Å²) in [6, 6.07) is 17.9. The number of hydrogen-bond acceptors (Lipinski definition) is 3. The Hall–Kier alpha value is -3.44. The zero-order valence-electron chi connectivity index (χ0n) is 20.4. The summed E-state index contributed by atoms with van der Waals surface area (Å²) in [6.07, 6.45) is 5.82. The number of benzene rings is 2. The molecule has 0 unspecified atom stereocenters. The Balaban J connectivity index is 1.46. The van der Waals surface area contributed by atoms with Crippen molar-refractivity contribution in [2.24, 2.45) is 0 Å². The summed E-state index contributed by atoms with van der Waals surface area (Å²) >= 11 is 0. The second-order valence-electron chi connectivity index (χ2n) is 9.76. The van der Waals surface area contributed by atoms with Crippen molar-refractivity contribution in [2.75, 3.05) is 26.2 Å². The van der Waals surface area contributed by atoms with Gasteiger partial charge in [-0.3, -0.25) is 0 Å². The van der Waals surface area contributed by atoms with Crippen molar-refractivity contribution in [2.45, 2.75) is 33.1 Å². The van der Waals surface area contributed by atoms with E-state index in [1.165, 1.54) is 30.5 Å². The maximum absolute atomic E-state index is 14.9. The van der Waals surface area contributed by atoms with Gasteiger partial charge in [0, 0.05) is 60.5 Å². The van der Waals surface area contributed by atoms with Crippen molar-refractivity contribution >= 4 is 11.3 Å². The van der Waals surface area contributed by atoms with Crippen LogP contribution in [0.5, 0.6) is 0 Å². The number of aromatic nitrogens is 2. The predicted molar refractivity (Wildman–Crippen MR) is 141 cm³/mol. The third kappa shape index (κ3) is 3.94. The average molecular weight is 467 g/mol. The highest BCUT2D eigenvalue weighted by Gasteiger charge is 2.24. The summed E-state index contributed by atoms with van der Waals surface area (Å²) in [6.45, 7) is 8.14. The Morgan fingerprint density at radius 3 is 2.40 bits per heavy atom. The van der Waals surface area contributed by atoms with Crippen LogP contribution in [0.3, 0.4) is 0 Å². The van der Waals surface area contributed by atoms with Gasteiger partial charge in [0.15, 0.2) is 0 Å². The summed E-state index contributed by atoms with van der Waals surface area (Å²) in [5.74, 6) is -0.200. The van der Waals surface area contributed by atoms with Crippen molar-refractivity contribution in [3.05, 3.63) is 89.0 Å². The molecule has 1 aliphatic heterocycles. The number of nitrogens with one attached hydrogen (secondary N) is 1. The molecule has 1 saturated heterocycles. The van der Waals surface area contributed by atoms with E-state index in [9.17, 15) is 4.39 Å². The smallest absolute Gasteiger partial charge is 0.138 e. The molecule has 0 atom stereocenters. The fourth-order valence-electron chi connectivity index (χ4n) is 5.42. The summed E-state index contributed by atoms with van der Waals surface area (Å²) in [4.78, 5) is 7.64. The molecule has 0 spiro atoms. The van der Waals surface area contributed by atoms with Crippen molar-refractivity contribution < 1.29 is 4.39 Å². The van der Waals surface area contributed by atoms with Crippen LogP contribution in [0.4, 0.5) is 4.39 Å². The summed E-state index contributed by atoms with van der Waals surface area (Å²) in [5.41, 5.74) is 10.5.